The Kier molecular flexibility index (Phi) is 5.82. The predicted octanol–water partition coefficient (Wildman–Crippen LogP) is 2.95. The molecule has 1 saturated heterocycles. The van der Waals surface area contributed by atoms with E-state index in [2.05, 4.69) is 62.9 Å². The van der Waals surface area contributed by atoms with E-state index in [0.717, 1.165) is 23.7 Å². The standard InChI is InChI=1S/C19H31BN4O3Si/c1-18(2)19(3,4)27-20(26-18)16-10-8-9-15(13-16)17-21-22-23-24(17)14-25-11-12-28(5,6)7/h8-10,13H,11-12,14H2,1-7H3. The van der Waals surface area contributed by atoms with Crippen molar-refractivity contribution in [2.45, 2.75) is 71.3 Å². The van der Waals surface area contributed by atoms with Crippen LogP contribution in [0.3, 0.4) is 0 Å². The van der Waals surface area contributed by atoms with Crippen molar-refractivity contribution in [3.63, 3.8) is 0 Å². The number of nitrogens with zero attached hydrogens (tertiary/aromatic N) is 4. The summed E-state index contributed by atoms with van der Waals surface area (Å²) in [4.78, 5) is 0. The first-order valence-corrected chi connectivity index (χ1v) is 13.5. The van der Waals surface area contributed by atoms with Gasteiger partial charge in [-0.05, 0) is 49.6 Å². The summed E-state index contributed by atoms with van der Waals surface area (Å²) >= 11 is 0. The van der Waals surface area contributed by atoms with Gasteiger partial charge < -0.3 is 14.0 Å². The Morgan fingerprint density at radius 2 is 1.79 bits per heavy atom. The van der Waals surface area contributed by atoms with Crippen molar-refractivity contribution in [1.82, 2.24) is 20.2 Å². The second kappa shape index (κ2) is 7.70. The lowest BCUT2D eigenvalue weighted by atomic mass is 9.78. The molecule has 1 fully saturated rings. The van der Waals surface area contributed by atoms with E-state index in [1.165, 1.54) is 0 Å². The minimum atomic E-state index is -1.12. The number of hydrogen-bond acceptors (Lipinski definition) is 6. The first-order valence-electron chi connectivity index (χ1n) is 9.78. The minimum absolute atomic E-state index is 0.341. The fraction of sp³-hybridized carbons (Fsp3) is 0.632. The third-order valence-electron chi connectivity index (χ3n) is 5.41. The quantitative estimate of drug-likeness (QED) is 0.524. The minimum Gasteiger partial charge on any atom is -0.399 e. The van der Waals surface area contributed by atoms with Gasteiger partial charge in [0.25, 0.3) is 0 Å². The molecule has 2 heterocycles. The van der Waals surface area contributed by atoms with Crippen LogP contribution in [0.15, 0.2) is 24.3 Å². The fourth-order valence-corrected chi connectivity index (χ4v) is 3.59. The molecule has 1 aromatic heterocycles. The summed E-state index contributed by atoms with van der Waals surface area (Å²) in [6, 6.07) is 9.10. The molecule has 28 heavy (non-hydrogen) atoms. The zero-order valence-corrected chi connectivity index (χ0v) is 19.0. The fourth-order valence-electron chi connectivity index (χ4n) is 2.83. The molecule has 0 spiro atoms. The van der Waals surface area contributed by atoms with Crippen molar-refractivity contribution in [2.24, 2.45) is 0 Å². The van der Waals surface area contributed by atoms with Gasteiger partial charge in [-0.25, -0.2) is 0 Å². The Morgan fingerprint density at radius 3 is 2.43 bits per heavy atom. The van der Waals surface area contributed by atoms with Crippen LogP contribution in [0.25, 0.3) is 11.4 Å². The van der Waals surface area contributed by atoms with Crippen LogP contribution in [0, 0.1) is 0 Å². The Morgan fingerprint density at radius 1 is 1.11 bits per heavy atom. The molecule has 1 aliphatic heterocycles. The summed E-state index contributed by atoms with van der Waals surface area (Å²) in [6.07, 6.45) is 0. The van der Waals surface area contributed by atoms with Crippen molar-refractivity contribution in [3.8, 4) is 11.4 Å². The number of hydrogen-bond donors (Lipinski definition) is 0. The van der Waals surface area contributed by atoms with Crippen molar-refractivity contribution < 1.29 is 14.0 Å². The summed E-state index contributed by atoms with van der Waals surface area (Å²) in [6.45, 7) is 16.3. The van der Waals surface area contributed by atoms with E-state index in [1.807, 2.05) is 24.3 Å². The number of ether oxygens (including phenoxy) is 1. The highest BCUT2D eigenvalue weighted by molar-refractivity contribution is 6.76. The molecule has 2 aromatic rings. The molecule has 0 bridgehead atoms. The van der Waals surface area contributed by atoms with E-state index in [4.69, 9.17) is 14.0 Å². The van der Waals surface area contributed by atoms with Gasteiger partial charge in [-0.3, -0.25) is 0 Å². The number of rotatable bonds is 7. The summed E-state index contributed by atoms with van der Waals surface area (Å²) in [5.41, 5.74) is 1.11. The molecule has 7 nitrogen and oxygen atoms in total. The van der Waals surface area contributed by atoms with Gasteiger partial charge in [0.15, 0.2) is 5.82 Å². The van der Waals surface area contributed by atoms with Crippen molar-refractivity contribution in [2.75, 3.05) is 6.61 Å². The Bertz CT molecular complexity index is 804. The van der Waals surface area contributed by atoms with Crippen LogP contribution in [0.5, 0.6) is 0 Å². The van der Waals surface area contributed by atoms with E-state index < -0.39 is 15.2 Å². The van der Waals surface area contributed by atoms with Crippen LogP contribution in [0.1, 0.15) is 27.7 Å². The second-order valence-corrected chi connectivity index (χ2v) is 15.2. The molecule has 0 N–H and O–H groups in total. The van der Waals surface area contributed by atoms with Crippen LogP contribution in [-0.4, -0.2) is 53.2 Å². The van der Waals surface area contributed by atoms with E-state index in [9.17, 15) is 0 Å². The van der Waals surface area contributed by atoms with Crippen LogP contribution in [0.2, 0.25) is 25.7 Å². The molecule has 3 rings (SSSR count). The molecule has 0 atom stereocenters. The van der Waals surface area contributed by atoms with Crippen molar-refractivity contribution in [1.29, 1.82) is 0 Å². The molecule has 0 amide bonds. The topological polar surface area (TPSA) is 71.3 Å². The average Bonchev–Trinajstić information content (AvgIpc) is 3.13. The van der Waals surface area contributed by atoms with Gasteiger partial charge in [0, 0.05) is 20.2 Å². The second-order valence-electron chi connectivity index (χ2n) is 9.56. The molecule has 0 aliphatic carbocycles. The lowest BCUT2D eigenvalue weighted by Crippen LogP contribution is -2.41. The van der Waals surface area contributed by atoms with E-state index >= 15 is 0 Å². The zero-order valence-electron chi connectivity index (χ0n) is 18.0. The SMILES string of the molecule is CC1(C)OB(c2cccc(-c3nnnn3COCC[Si](C)(C)C)c2)OC1(C)C. The third-order valence-corrected chi connectivity index (χ3v) is 7.12. The molecule has 0 unspecified atom stereocenters. The molecule has 1 aromatic carbocycles. The molecule has 0 saturated carbocycles. The molecular weight excluding hydrogens is 371 g/mol. The number of benzene rings is 1. The maximum Gasteiger partial charge on any atom is 0.494 e. The number of tetrazole rings is 1. The lowest BCUT2D eigenvalue weighted by molar-refractivity contribution is 0.00578. The van der Waals surface area contributed by atoms with Crippen molar-refractivity contribution in [3.05, 3.63) is 24.3 Å². The molecule has 9 heteroatoms. The van der Waals surface area contributed by atoms with Gasteiger partial charge in [-0.2, -0.15) is 4.68 Å². The average molecular weight is 402 g/mol. The monoisotopic (exact) mass is 402 g/mol. The summed E-state index contributed by atoms with van der Waals surface area (Å²) in [7, 11) is -1.53. The first kappa shape index (κ1) is 21.2. The summed E-state index contributed by atoms with van der Waals surface area (Å²) in [5.74, 6) is 0.673. The van der Waals surface area contributed by atoms with Gasteiger partial charge in [-0.1, -0.05) is 43.9 Å². The van der Waals surface area contributed by atoms with E-state index in [1.54, 1.807) is 4.68 Å². The van der Waals surface area contributed by atoms with Gasteiger partial charge in [0.2, 0.25) is 0 Å². The molecule has 152 valence electrons. The summed E-state index contributed by atoms with van der Waals surface area (Å²) in [5, 5.41) is 12.1. The lowest BCUT2D eigenvalue weighted by Gasteiger charge is -2.32. The Labute approximate surface area is 168 Å². The van der Waals surface area contributed by atoms with Crippen molar-refractivity contribution >= 4 is 20.7 Å². The predicted molar refractivity (Wildman–Crippen MR) is 113 cm³/mol. The normalized spacial score (nSPS) is 18.6. The third kappa shape index (κ3) is 4.71. The molecule has 1 aliphatic rings. The number of aromatic nitrogens is 4. The smallest absolute Gasteiger partial charge is 0.399 e. The van der Waals surface area contributed by atoms with E-state index in [0.29, 0.717) is 12.6 Å². The maximum atomic E-state index is 6.16. The largest absolute Gasteiger partial charge is 0.494 e. The van der Waals surface area contributed by atoms with Crippen LogP contribution in [-0.2, 0) is 20.8 Å². The van der Waals surface area contributed by atoms with Gasteiger partial charge >= 0.3 is 7.12 Å². The van der Waals surface area contributed by atoms with Gasteiger partial charge in [0.1, 0.15) is 6.73 Å². The zero-order chi connectivity index (χ0) is 20.6. The molecular formula is C19H31BN4O3Si. The Balaban J connectivity index is 1.73. The first-order chi connectivity index (χ1) is 13.0. The maximum absolute atomic E-state index is 6.16. The molecule has 0 radical (unpaired) electrons. The van der Waals surface area contributed by atoms with Gasteiger partial charge in [-0.15, -0.1) is 5.10 Å². The van der Waals surface area contributed by atoms with Crippen LogP contribution < -0.4 is 5.46 Å². The highest BCUT2D eigenvalue weighted by atomic mass is 28.3. The van der Waals surface area contributed by atoms with E-state index in [-0.39, 0.29) is 11.2 Å². The summed E-state index contributed by atoms with van der Waals surface area (Å²) < 4.78 is 19.8. The van der Waals surface area contributed by atoms with Gasteiger partial charge in [0.05, 0.1) is 11.2 Å². The van der Waals surface area contributed by atoms with Crippen LogP contribution >= 0.6 is 0 Å². The Hall–Kier alpha value is -1.55. The highest BCUT2D eigenvalue weighted by Gasteiger charge is 2.51. The highest BCUT2D eigenvalue weighted by Crippen LogP contribution is 2.36. The van der Waals surface area contributed by atoms with Crippen LogP contribution in [0.4, 0.5) is 0 Å².